The normalized spacial score (nSPS) is 13.6. The molecule has 1 aromatic heterocycles. The summed E-state index contributed by atoms with van der Waals surface area (Å²) in [5, 5.41) is 5.64. The van der Waals surface area contributed by atoms with Gasteiger partial charge in [0.1, 0.15) is 0 Å². The van der Waals surface area contributed by atoms with Gasteiger partial charge in [0.15, 0.2) is 0 Å². The summed E-state index contributed by atoms with van der Waals surface area (Å²) in [7, 11) is 0. The van der Waals surface area contributed by atoms with Gasteiger partial charge in [0, 0.05) is 44.3 Å². The maximum atomic E-state index is 12.1. The van der Waals surface area contributed by atoms with Crippen LogP contribution in [0.15, 0.2) is 43.0 Å². The number of nitrogens with one attached hydrogen (secondary N) is 2. The molecule has 0 aliphatic carbocycles. The number of rotatable bonds is 7. The largest absolute Gasteiger partial charge is 0.342 e. The maximum Gasteiger partial charge on any atom is 0.319 e. The van der Waals surface area contributed by atoms with Gasteiger partial charge in [-0.15, -0.1) is 0 Å². The first kappa shape index (κ1) is 18.0. The lowest BCUT2D eigenvalue weighted by molar-refractivity contribution is -0.129. The fraction of sp³-hybridized carbons (Fsp3) is 0.421. The Hall–Kier alpha value is -2.83. The SMILES string of the molecule is O=C(NCCCn1ccnc1)Nc1ccc(CC(=O)N2CCCC2)cc1. The van der Waals surface area contributed by atoms with E-state index in [2.05, 4.69) is 15.6 Å². The van der Waals surface area contributed by atoms with Gasteiger partial charge in [-0.2, -0.15) is 0 Å². The molecule has 1 saturated heterocycles. The highest BCUT2D eigenvalue weighted by Crippen LogP contribution is 2.13. The van der Waals surface area contributed by atoms with Gasteiger partial charge < -0.3 is 20.1 Å². The van der Waals surface area contributed by atoms with Gasteiger partial charge in [-0.1, -0.05) is 12.1 Å². The Morgan fingerprint density at radius 2 is 1.88 bits per heavy atom. The van der Waals surface area contributed by atoms with Crippen LogP contribution >= 0.6 is 0 Å². The molecule has 0 radical (unpaired) electrons. The lowest BCUT2D eigenvalue weighted by Gasteiger charge is -2.15. The molecule has 0 unspecified atom stereocenters. The number of carbonyl (C=O) groups is 2. The average molecular weight is 355 g/mol. The summed E-state index contributed by atoms with van der Waals surface area (Å²) in [5.74, 6) is 0.179. The van der Waals surface area contributed by atoms with Gasteiger partial charge in [0.05, 0.1) is 12.7 Å². The molecule has 2 heterocycles. The van der Waals surface area contributed by atoms with Gasteiger partial charge in [-0.05, 0) is 37.0 Å². The van der Waals surface area contributed by atoms with E-state index in [0.29, 0.717) is 13.0 Å². The lowest BCUT2D eigenvalue weighted by Crippen LogP contribution is -2.30. The summed E-state index contributed by atoms with van der Waals surface area (Å²) in [4.78, 5) is 30.0. The number of anilines is 1. The summed E-state index contributed by atoms with van der Waals surface area (Å²) in [6, 6.07) is 7.22. The molecule has 1 aliphatic heterocycles. The number of aromatic nitrogens is 2. The Kier molecular flexibility index (Phi) is 6.24. The monoisotopic (exact) mass is 355 g/mol. The van der Waals surface area contributed by atoms with Crippen molar-refractivity contribution in [2.24, 2.45) is 0 Å². The second kappa shape index (κ2) is 9.03. The number of hydrogen-bond donors (Lipinski definition) is 2. The number of carbonyl (C=O) groups excluding carboxylic acids is 2. The third-order valence-corrected chi connectivity index (χ3v) is 4.46. The van der Waals surface area contributed by atoms with Crippen LogP contribution in [0.2, 0.25) is 0 Å². The fourth-order valence-corrected chi connectivity index (χ4v) is 3.02. The van der Waals surface area contributed by atoms with Crippen LogP contribution in [0.4, 0.5) is 10.5 Å². The highest BCUT2D eigenvalue weighted by molar-refractivity contribution is 5.89. The number of hydrogen-bond acceptors (Lipinski definition) is 3. The molecule has 0 atom stereocenters. The molecule has 0 spiro atoms. The summed E-state index contributed by atoms with van der Waals surface area (Å²) in [5.41, 5.74) is 1.68. The van der Waals surface area contributed by atoms with Crippen molar-refractivity contribution in [2.45, 2.75) is 32.2 Å². The smallest absolute Gasteiger partial charge is 0.319 e. The van der Waals surface area contributed by atoms with Gasteiger partial charge >= 0.3 is 6.03 Å². The Balaban J connectivity index is 1.37. The molecule has 26 heavy (non-hydrogen) atoms. The summed E-state index contributed by atoms with van der Waals surface area (Å²) < 4.78 is 1.97. The molecule has 1 aliphatic rings. The quantitative estimate of drug-likeness (QED) is 0.748. The Morgan fingerprint density at radius 1 is 1.12 bits per heavy atom. The van der Waals surface area contributed by atoms with Crippen LogP contribution in [-0.2, 0) is 17.8 Å². The van der Waals surface area contributed by atoms with Crippen LogP contribution < -0.4 is 10.6 Å². The number of amides is 3. The molecule has 7 heteroatoms. The van der Waals surface area contributed by atoms with Gasteiger partial charge in [-0.3, -0.25) is 4.79 Å². The summed E-state index contributed by atoms with van der Waals surface area (Å²) in [6.07, 6.45) is 8.86. The van der Waals surface area contributed by atoms with E-state index >= 15 is 0 Å². The first-order valence-corrected chi connectivity index (χ1v) is 9.08. The van der Waals surface area contributed by atoms with Crippen molar-refractivity contribution < 1.29 is 9.59 Å². The van der Waals surface area contributed by atoms with Crippen LogP contribution in [0.25, 0.3) is 0 Å². The molecule has 7 nitrogen and oxygen atoms in total. The van der Waals surface area contributed by atoms with E-state index in [0.717, 1.165) is 50.1 Å². The van der Waals surface area contributed by atoms with Crippen molar-refractivity contribution in [2.75, 3.05) is 25.0 Å². The van der Waals surface area contributed by atoms with Crippen molar-refractivity contribution in [3.63, 3.8) is 0 Å². The molecule has 3 amide bonds. The van der Waals surface area contributed by atoms with Crippen molar-refractivity contribution in [1.29, 1.82) is 0 Å². The summed E-state index contributed by atoms with van der Waals surface area (Å²) in [6.45, 7) is 3.16. The zero-order valence-corrected chi connectivity index (χ0v) is 14.9. The van der Waals surface area contributed by atoms with E-state index in [1.54, 1.807) is 12.5 Å². The first-order chi connectivity index (χ1) is 12.7. The molecule has 2 N–H and O–H groups in total. The maximum absolute atomic E-state index is 12.1. The van der Waals surface area contributed by atoms with E-state index in [-0.39, 0.29) is 11.9 Å². The van der Waals surface area contributed by atoms with Crippen molar-refractivity contribution in [1.82, 2.24) is 19.8 Å². The molecular weight excluding hydrogens is 330 g/mol. The topological polar surface area (TPSA) is 79.3 Å². The number of likely N-dealkylation sites (tertiary alicyclic amines) is 1. The van der Waals surface area contributed by atoms with Crippen LogP contribution in [0, 0.1) is 0 Å². The van der Waals surface area contributed by atoms with E-state index in [9.17, 15) is 9.59 Å². The van der Waals surface area contributed by atoms with E-state index in [4.69, 9.17) is 0 Å². The van der Waals surface area contributed by atoms with Crippen LogP contribution in [0.3, 0.4) is 0 Å². The highest BCUT2D eigenvalue weighted by atomic mass is 16.2. The predicted octanol–water partition coefficient (Wildman–Crippen LogP) is 2.26. The van der Waals surface area contributed by atoms with Crippen molar-refractivity contribution in [3.05, 3.63) is 48.5 Å². The van der Waals surface area contributed by atoms with Crippen LogP contribution in [0.1, 0.15) is 24.8 Å². The van der Waals surface area contributed by atoms with Gasteiger partial charge in [-0.25, -0.2) is 9.78 Å². The van der Waals surface area contributed by atoms with Gasteiger partial charge in [0.25, 0.3) is 0 Å². The Labute approximate surface area is 153 Å². The molecule has 138 valence electrons. The van der Waals surface area contributed by atoms with Crippen molar-refractivity contribution in [3.8, 4) is 0 Å². The molecule has 3 rings (SSSR count). The number of nitrogens with zero attached hydrogens (tertiary/aromatic N) is 3. The number of urea groups is 1. The highest BCUT2D eigenvalue weighted by Gasteiger charge is 2.17. The minimum Gasteiger partial charge on any atom is -0.342 e. The number of aryl methyl sites for hydroxylation is 1. The van der Waals surface area contributed by atoms with E-state index in [1.807, 2.05) is 39.9 Å². The third kappa shape index (κ3) is 5.34. The predicted molar refractivity (Wildman–Crippen MR) is 99.8 cm³/mol. The molecule has 1 aromatic carbocycles. The standard InChI is InChI=1S/C19H25N5O2/c25-18(24-11-1-2-12-24)14-16-4-6-17(7-5-16)22-19(26)21-8-3-10-23-13-9-20-15-23/h4-7,9,13,15H,1-3,8,10-12,14H2,(H2,21,22,26). The van der Waals surface area contributed by atoms with Crippen LogP contribution in [0.5, 0.6) is 0 Å². The molecule has 0 saturated carbocycles. The first-order valence-electron chi connectivity index (χ1n) is 9.08. The molecular formula is C19H25N5O2. The van der Waals surface area contributed by atoms with E-state index < -0.39 is 0 Å². The minimum atomic E-state index is -0.225. The number of benzene rings is 1. The summed E-state index contributed by atoms with van der Waals surface area (Å²) >= 11 is 0. The fourth-order valence-electron chi connectivity index (χ4n) is 3.02. The minimum absolute atomic E-state index is 0.179. The lowest BCUT2D eigenvalue weighted by atomic mass is 10.1. The van der Waals surface area contributed by atoms with Crippen molar-refractivity contribution >= 4 is 17.6 Å². The Morgan fingerprint density at radius 3 is 2.58 bits per heavy atom. The van der Waals surface area contributed by atoms with E-state index in [1.165, 1.54) is 0 Å². The second-order valence-corrected chi connectivity index (χ2v) is 6.50. The zero-order valence-electron chi connectivity index (χ0n) is 14.9. The zero-order chi connectivity index (χ0) is 18.2. The van der Waals surface area contributed by atoms with Crippen LogP contribution in [-0.4, -0.2) is 46.0 Å². The average Bonchev–Trinajstić information content (AvgIpc) is 3.34. The second-order valence-electron chi connectivity index (χ2n) is 6.50. The third-order valence-electron chi connectivity index (χ3n) is 4.46. The number of imidazole rings is 1. The Bertz CT molecular complexity index is 706. The molecule has 2 aromatic rings. The molecule has 0 bridgehead atoms. The molecule has 1 fully saturated rings. The van der Waals surface area contributed by atoms with Gasteiger partial charge in [0.2, 0.25) is 5.91 Å².